The van der Waals surface area contributed by atoms with Crippen LogP contribution < -0.4 is 10.6 Å². The topological polar surface area (TPSA) is 87.7 Å². The van der Waals surface area contributed by atoms with E-state index in [0.29, 0.717) is 6.42 Å². The number of nitrogens with one attached hydrogen (secondary N) is 2. The summed E-state index contributed by atoms with van der Waals surface area (Å²) in [6.07, 6.45) is -0.302. The number of amides is 2. The monoisotopic (exact) mass is 298 g/mol. The molecule has 1 atom stereocenters. The first-order chi connectivity index (χ1) is 10.0. The van der Waals surface area contributed by atoms with Crippen LogP contribution >= 0.6 is 0 Å². The number of halogens is 1. The third-order valence-electron chi connectivity index (χ3n) is 2.69. The molecule has 1 rings (SSSR count). The first-order valence-electron chi connectivity index (χ1n) is 6.51. The Labute approximate surface area is 122 Å². The van der Waals surface area contributed by atoms with Gasteiger partial charge in [-0.15, -0.1) is 0 Å². The Bertz CT molecular complexity index is 482. The first-order valence-corrected chi connectivity index (χ1v) is 6.51. The molecule has 1 aromatic rings. The summed E-state index contributed by atoms with van der Waals surface area (Å²) >= 11 is 0. The van der Waals surface area contributed by atoms with Crippen LogP contribution in [0.1, 0.15) is 16.8 Å². The Morgan fingerprint density at radius 3 is 2.71 bits per heavy atom. The van der Waals surface area contributed by atoms with E-state index >= 15 is 0 Å². The van der Waals surface area contributed by atoms with Crippen LogP contribution in [0, 0.1) is 5.82 Å². The summed E-state index contributed by atoms with van der Waals surface area (Å²) < 4.78 is 18.1. The molecule has 0 spiro atoms. The van der Waals surface area contributed by atoms with Gasteiger partial charge in [0.2, 0.25) is 5.91 Å². The number of rotatable bonds is 8. The summed E-state index contributed by atoms with van der Waals surface area (Å²) in [5, 5.41) is 14.2. The molecule has 1 unspecified atom stereocenters. The Morgan fingerprint density at radius 1 is 1.33 bits per heavy atom. The Hall–Kier alpha value is -1.99. The van der Waals surface area contributed by atoms with E-state index in [-0.39, 0.29) is 25.3 Å². The molecule has 0 saturated carbocycles. The highest BCUT2D eigenvalue weighted by atomic mass is 19.1. The predicted octanol–water partition coefficient (Wildman–Crippen LogP) is 0.0691. The molecule has 2 amide bonds. The van der Waals surface area contributed by atoms with E-state index in [1.54, 1.807) is 0 Å². The van der Waals surface area contributed by atoms with Crippen molar-refractivity contribution in [2.24, 2.45) is 0 Å². The largest absolute Gasteiger partial charge is 0.391 e. The molecule has 0 aliphatic rings. The summed E-state index contributed by atoms with van der Waals surface area (Å²) in [6, 6.07) is 5.52. The zero-order valence-electron chi connectivity index (χ0n) is 11.8. The van der Waals surface area contributed by atoms with Gasteiger partial charge in [0.25, 0.3) is 5.91 Å². The maximum atomic E-state index is 13.3. The zero-order chi connectivity index (χ0) is 15.7. The number of methoxy groups -OCH3 is 1. The van der Waals surface area contributed by atoms with Crippen molar-refractivity contribution in [2.45, 2.75) is 12.5 Å². The van der Waals surface area contributed by atoms with Crippen LogP contribution in [0.15, 0.2) is 24.3 Å². The van der Waals surface area contributed by atoms with Gasteiger partial charge in [-0.1, -0.05) is 12.1 Å². The van der Waals surface area contributed by atoms with Gasteiger partial charge in [-0.25, -0.2) is 4.39 Å². The van der Waals surface area contributed by atoms with Gasteiger partial charge in [0.15, 0.2) is 0 Å². The summed E-state index contributed by atoms with van der Waals surface area (Å²) in [4.78, 5) is 23.1. The van der Waals surface area contributed by atoms with E-state index in [4.69, 9.17) is 4.74 Å². The molecule has 0 radical (unpaired) electrons. The molecule has 3 N–H and O–H groups in total. The third kappa shape index (κ3) is 6.33. The number of carbonyl (C=O) groups is 2. The van der Waals surface area contributed by atoms with Crippen LogP contribution in [0.25, 0.3) is 0 Å². The lowest BCUT2D eigenvalue weighted by molar-refractivity contribution is -0.120. The van der Waals surface area contributed by atoms with Gasteiger partial charge in [0.05, 0.1) is 24.8 Å². The zero-order valence-corrected chi connectivity index (χ0v) is 11.8. The average molecular weight is 298 g/mol. The lowest BCUT2D eigenvalue weighted by Crippen LogP contribution is -2.38. The Morgan fingerprint density at radius 2 is 2.05 bits per heavy atom. The van der Waals surface area contributed by atoms with Crippen LogP contribution in [0.4, 0.5) is 4.39 Å². The molecular formula is C14H19FN2O4. The lowest BCUT2D eigenvalue weighted by atomic mass is 10.2. The van der Waals surface area contributed by atoms with Gasteiger partial charge in [-0.3, -0.25) is 9.59 Å². The number of ether oxygens (including phenoxy) is 1. The van der Waals surface area contributed by atoms with Crippen molar-refractivity contribution in [1.29, 1.82) is 0 Å². The van der Waals surface area contributed by atoms with E-state index in [2.05, 4.69) is 10.6 Å². The quantitative estimate of drug-likeness (QED) is 0.634. The highest BCUT2D eigenvalue weighted by Crippen LogP contribution is 2.05. The minimum atomic E-state index is -0.650. The summed E-state index contributed by atoms with van der Waals surface area (Å²) in [7, 11) is 1.47. The molecule has 6 nitrogen and oxygen atoms in total. The molecule has 0 fully saturated rings. The van der Waals surface area contributed by atoms with Gasteiger partial charge in [-0.2, -0.15) is 0 Å². The molecule has 0 aromatic heterocycles. The van der Waals surface area contributed by atoms with E-state index in [1.165, 1.54) is 31.4 Å². The van der Waals surface area contributed by atoms with Crippen molar-refractivity contribution in [3.05, 3.63) is 35.6 Å². The minimum Gasteiger partial charge on any atom is -0.391 e. The number of benzene rings is 1. The summed E-state index contributed by atoms with van der Waals surface area (Å²) in [5.74, 6) is -1.70. The molecule has 1 aromatic carbocycles. The van der Waals surface area contributed by atoms with Gasteiger partial charge in [0.1, 0.15) is 5.82 Å². The molecule has 21 heavy (non-hydrogen) atoms. The molecular weight excluding hydrogens is 279 g/mol. The maximum absolute atomic E-state index is 13.3. The van der Waals surface area contributed by atoms with E-state index in [0.717, 1.165) is 0 Å². The van der Waals surface area contributed by atoms with Crippen molar-refractivity contribution in [2.75, 3.05) is 26.8 Å². The van der Waals surface area contributed by atoms with E-state index < -0.39 is 23.7 Å². The number of aliphatic hydroxyl groups excluding tert-OH is 1. The Kier molecular flexibility index (Phi) is 7.34. The second-order valence-corrected chi connectivity index (χ2v) is 4.41. The van der Waals surface area contributed by atoms with Crippen LogP contribution in [-0.2, 0) is 9.53 Å². The number of hydrogen-bond donors (Lipinski definition) is 3. The predicted molar refractivity (Wildman–Crippen MR) is 74.2 cm³/mol. The molecule has 7 heteroatoms. The fourth-order valence-electron chi connectivity index (χ4n) is 1.62. The van der Waals surface area contributed by atoms with Crippen LogP contribution in [0.3, 0.4) is 0 Å². The fourth-order valence-corrected chi connectivity index (χ4v) is 1.62. The molecule has 0 bridgehead atoms. The SMILES string of the molecule is COCC(O)CCNC(=O)CNC(=O)c1ccccc1F. The standard InChI is InChI=1S/C14H19FN2O4/c1-21-9-10(18)6-7-16-13(19)8-17-14(20)11-4-2-3-5-12(11)15/h2-5,10,18H,6-9H2,1H3,(H,16,19)(H,17,20). The summed E-state index contributed by atoms with van der Waals surface area (Å²) in [6.45, 7) is 0.201. The molecule has 0 heterocycles. The molecule has 0 aliphatic heterocycles. The van der Waals surface area contributed by atoms with Crippen molar-refractivity contribution in [1.82, 2.24) is 10.6 Å². The average Bonchev–Trinajstić information content (AvgIpc) is 2.45. The van der Waals surface area contributed by atoms with Crippen molar-refractivity contribution in [3.63, 3.8) is 0 Å². The Balaban J connectivity index is 2.27. The van der Waals surface area contributed by atoms with Crippen molar-refractivity contribution in [3.8, 4) is 0 Å². The van der Waals surface area contributed by atoms with Crippen LogP contribution in [-0.4, -0.2) is 49.8 Å². The minimum absolute atomic E-state index is 0.110. The highest BCUT2D eigenvalue weighted by molar-refractivity contribution is 5.96. The number of carbonyl (C=O) groups excluding carboxylic acids is 2. The second kappa shape index (κ2) is 9.04. The number of aliphatic hydroxyl groups is 1. The second-order valence-electron chi connectivity index (χ2n) is 4.41. The third-order valence-corrected chi connectivity index (χ3v) is 2.69. The van der Waals surface area contributed by atoms with Crippen molar-refractivity contribution >= 4 is 11.8 Å². The smallest absolute Gasteiger partial charge is 0.254 e. The maximum Gasteiger partial charge on any atom is 0.254 e. The fraction of sp³-hybridized carbons (Fsp3) is 0.429. The summed E-state index contributed by atoms with van der Waals surface area (Å²) in [5.41, 5.74) is -0.110. The lowest BCUT2D eigenvalue weighted by Gasteiger charge is -2.10. The first kappa shape index (κ1) is 17.1. The van der Waals surface area contributed by atoms with Crippen LogP contribution in [0.2, 0.25) is 0 Å². The van der Waals surface area contributed by atoms with E-state index in [9.17, 15) is 19.1 Å². The van der Waals surface area contributed by atoms with E-state index in [1.807, 2.05) is 0 Å². The normalized spacial score (nSPS) is 11.8. The van der Waals surface area contributed by atoms with Crippen molar-refractivity contribution < 1.29 is 23.8 Å². The van der Waals surface area contributed by atoms with Gasteiger partial charge in [-0.05, 0) is 18.6 Å². The van der Waals surface area contributed by atoms with Gasteiger partial charge >= 0.3 is 0 Å². The number of hydrogen-bond acceptors (Lipinski definition) is 4. The highest BCUT2D eigenvalue weighted by Gasteiger charge is 2.12. The van der Waals surface area contributed by atoms with Crippen LogP contribution in [0.5, 0.6) is 0 Å². The molecule has 116 valence electrons. The molecule has 0 aliphatic carbocycles. The van der Waals surface area contributed by atoms with Gasteiger partial charge in [0, 0.05) is 13.7 Å². The molecule has 0 saturated heterocycles. The van der Waals surface area contributed by atoms with Gasteiger partial charge < -0.3 is 20.5 Å².